The van der Waals surface area contributed by atoms with Crippen molar-refractivity contribution < 1.29 is 13.6 Å². The van der Waals surface area contributed by atoms with Crippen LogP contribution < -0.4 is 5.32 Å². The van der Waals surface area contributed by atoms with Crippen LogP contribution in [0.2, 0.25) is 0 Å². The standard InChI is InChI=1S/C15H12FN3O2S2/c1-9(13(20)17-11-5-2-4-10(16)8-11)23-15-19-18-14(21-15)12-6-3-7-22-12/h2-9H,1H3,(H,17,20)/t9-/m1/s1. The first-order chi connectivity index (χ1) is 11.1. The van der Waals surface area contributed by atoms with Crippen molar-refractivity contribution in [2.45, 2.75) is 17.4 Å². The quantitative estimate of drug-likeness (QED) is 0.704. The first kappa shape index (κ1) is 15.7. The van der Waals surface area contributed by atoms with Crippen LogP contribution in [0.15, 0.2) is 51.4 Å². The Balaban J connectivity index is 1.62. The molecule has 0 radical (unpaired) electrons. The van der Waals surface area contributed by atoms with E-state index in [9.17, 15) is 9.18 Å². The molecule has 1 atom stereocenters. The second kappa shape index (κ2) is 6.93. The van der Waals surface area contributed by atoms with Crippen molar-refractivity contribution in [3.63, 3.8) is 0 Å². The maximum absolute atomic E-state index is 13.1. The summed E-state index contributed by atoms with van der Waals surface area (Å²) >= 11 is 2.65. The number of carbonyl (C=O) groups excluding carboxylic acids is 1. The fraction of sp³-hybridized carbons (Fsp3) is 0.133. The molecule has 23 heavy (non-hydrogen) atoms. The summed E-state index contributed by atoms with van der Waals surface area (Å²) in [6, 6.07) is 9.52. The smallest absolute Gasteiger partial charge is 0.277 e. The van der Waals surface area contributed by atoms with Gasteiger partial charge >= 0.3 is 0 Å². The second-order valence-corrected chi connectivity index (χ2v) is 6.85. The molecule has 0 saturated heterocycles. The van der Waals surface area contributed by atoms with E-state index in [4.69, 9.17) is 4.42 Å². The van der Waals surface area contributed by atoms with Crippen molar-refractivity contribution in [1.29, 1.82) is 0 Å². The third kappa shape index (κ3) is 3.96. The van der Waals surface area contributed by atoms with Crippen molar-refractivity contribution in [3.8, 4) is 10.8 Å². The molecule has 2 heterocycles. The van der Waals surface area contributed by atoms with Crippen molar-refractivity contribution in [1.82, 2.24) is 10.2 Å². The summed E-state index contributed by atoms with van der Waals surface area (Å²) < 4.78 is 18.6. The summed E-state index contributed by atoms with van der Waals surface area (Å²) in [6.07, 6.45) is 0. The van der Waals surface area contributed by atoms with Crippen LogP contribution in [0.1, 0.15) is 6.92 Å². The largest absolute Gasteiger partial charge is 0.410 e. The van der Waals surface area contributed by atoms with Gasteiger partial charge in [-0.2, -0.15) is 0 Å². The zero-order chi connectivity index (χ0) is 16.2. The number of nitrogens with one attached hydrogen (secondary N) is 1. The molecule has 3 rings (SSSR count). The molecule has 1 N–H and O–H groups in total. The van der Waals surface area contributed by atoms with Gasteiger partial charge in [0.1, 0.15) is 5.82 Å². The van der Waals surface area contributed by atoms with Crippen LogP contribution in [0.25, 0.3) is 10.8 Å². The lowest BCUT2D eigenvalue weighted by Crippen LogP contribution is -2.22. The van der Waals surface area contributed by atoms with Gasteiger partial charge in [-0.05, 0) is 36.6 Å². The zero-order valence-electron chi connectivity index (χ0n) is 12.0. The highest BCUT2D eigenvalue weighted by Gasteiger charge is 2.19. The van der Waals surface area contributed by atoms with Gasteiger partial charge in [-0.1, -0.05) is 23.9 Å². The van der Waals surface area contributed by atoms with E-state index in [1.807, 2.05) is 17.5 Å². The van der Waals surface area contributed by atoms with Gasteiger partial charge in [0, 0.05) is 5.69 Å². The Bertz CT molecular complexity index is 805. The molecule has 0 fully saturated rings. The lowest BCUT2D eigenvalue weighted by molar-refractivity contribution is -0.115. The molecule has 2 aromatic heterocycles. The first-order valence-electron chi connectivity index (χ1n) is 6.72. The highest BCUT2D eigenvalue weighted by molar-refractivity contribution is 8.00. The van der Waals surface area contributed by atoms with Crippen LogP contribution in [0.5, 0.6) is 0 Å². The molecule has 3 aromatic rings. The highest BCUT2D eigenvalue weighted by atomic mass is 32.2. The predicted molar refractivity (Wildman–Crippen MR) is 88.0 cm³/mol. The van der Waals surface area contributed by atoms with Crippen LogP contribution in [0.3, 0.4) is 0 Å². The Morgan fingerprint density at radius 1 is 1.35 bits per heavy atom. The third-order valence-corrected chi connectivity index (χ3v) is 4.67. The van der Waals surface area contributed by atoms with Crippen LogP contribution >= 0.6 is 23.1 Å². The Labute approximate surface area is 139 Å². The van der Waals surface area contributed by atoms with Gasteiger partial charge in [-0.25, -0.2) is 4.39 Å². The molecule has 1 aromatic carbocycles. The van der Waals surface area contributed by atoms with E-state index in [1.165, 1.54) is 29.5 Å². The Hall–Kier alpha value is -2.19. The minimum atomic E-state index is -0.463. The van der Waals surface area contributed by atoms with Gasteiger partial charge < -0.3 is 9.73 Å². The van der Waals surface area contributed by atoms with Crippen molar-refractivity contribution >= 4 is 34.7 Å². The summed E-state index contributed by atoms with van der Waals surface area (Å²) in [5.74, 6) is -0.239. The number of halogens is 1. The molecule has 0 saturated carbocycles. The number of amides is 1. The number of benzene rings is 1. The lowest BCUT2D eigenvalue weighted by Gasteiger charge is -2.09. The molecule has 118 valence electrons. The number of aromatic nitrogens is 2. The molecule has 0 aliphatic heterocycles. The van der Waals surface area contributed by atoms with Crippen LogP contribution in [-0.4, -0.2) is 21.4 Å². The summed E-state index contributed by atoms with van der Waals surface area (Å²) in [5.41, 5.74) is 0.409. The van der Waals surface area contributed by atoms with Gasteiger partial charge in [0.2, 0.25) is 5.91 Å². The van der Waals surface area contributed by atoms with E-state index in [1.54, 1.807) is 13.0 Å². The fourth-order valence-corrected chi connectivity index (χ4v) is 3.10. The molecular weight excluding hydrogens is 337 g/mol. The van der Waals surface area contributed by atoms with Crippen molar-refractivity contribution in [3.05, 3.63) is 47.6 Å². The minimum absolute atomic E-state index is 0.267. The van der Waals surface area contributed by atoms with E-state index in [0.717, 1.165) is 16.6 Å². The number of hydrogen-bond donors (Lipinski definition) is 1. The maximum atomic E-state index is 13.1. The Kier molecular flexibility index (Phi) is 4.73. The van der Waals surface area contributed by atoms with Gasteiger partial charge in [0.05, 0.1) is 10.1 Å². The minimum Gasteiger partial charge on any atom is -0.410 e. The summed E-state index contributed by atoms with van der Waals surface area (Å²) in [7, 11) is 0. The molecule has 5 nitrogen and oxygen atoms in total. The SMILES string of the molecule is C[C@@H](Sc1nnc(-c2cccs2)o1)C(=O)Nc1cccc(F)c1. The van der Waals surface area contributed by atoms with Gasteiger partial charge in [0.25, 0.3) is 11.1 Å². The van der Waals surface area contributed by atoms with E-state index < -0.39 is 11.1 Å². The fourth-order valence-electron chi connectivity index (χ4n) is 1.77. The molecule has 0 aliphatic rings. The van der Waals surface area contributed by atoms with Crippen LogP contribution in [0, 0.1) is 5.82 Å². The van der Waals surface area contributed by atoms with Gasteiger partial charge in [-0.15, -0.1) is 21.5 Å². The number of rotatable bonds is 5. The van der Waals surface area contributed by atoms with E-state index >= 15 is 0 Å². The predicted octanol–water partition coefficient (Wildman–Crippen LogP) is 4.06. The van der Waals surface area contributed by atoms with E-state index in [2.05, 4.69) is 15.5 Å². The van der Waals surface area contributed by atoms with Gasteiger partial charge in [-0.3, -0.25) is 4.79 Å². The average molecular weight is 349 g/mol. The van der Waals surface area contributed by atoms with E-state index in [-0.39, 0.29) is 5.91 Å². The average Bonchev–Trinajstić information content (AvgIpc) is 3.17. The number of hydrogen-bond acceptors (Lipinski definition) is 6. The molecule has 0 aliphatic carbocycles. The maximum Gasteiger partial charge on any atom is 0.277 e. The summed E-state index contributed by atoms with van der Waals surface area (Å²) in [6.45, 7) is 1.72. The van der Waals surface area contributed by atoms with Crippen molar-refractivity contribution in [2.75, 3.05) is 5.32 Å². The highest BCUT2D eigenvalue weighted by Crippen LogP contribution is 2.28. The Morgan fingerprint density at radius 2 is 2.22 bits per heavy atom. The number of nitrogens with zero attached hydrogens (tertiary/aromatic N) is 2. The van der Waals surface area contributed by atoms with E-state index in [0.29, 0.717) is 16.8 Å². The number of thiophene rings is 1. The molecule has 0 bridgehead atoms. The number of carbonyl (C=O) groups is 1. The normalized spacial score (nSPS) is 12.1. The topological polar surface area (TPSA) is 68.0 Å². The Morgan fingerprint density at radius 3 is 2.96 bits per heavy atom. The van der Waals surface area contributed by atoms with Crippen molar-refractivity contribution in [2.24, 2.45) is 0 Å². The van der Waals surface area contributed by atoms with Crippen LogP contribution in [0.4, 0.5) is 10.1 Å². The summed E-state index contributed by atoms with van der Waals surface area (Å²) in [4.78, 5) is 13.0. The number of thioether (sulfide) groups is 1. The molecule has 8 heteroatoms. The first-order valence-corrected chi connectivity index (χ1v) is 8.48. The summed E-state index contributed by atoms with van der Waals surface area (Å²) in [5, 5.41) is 12.3. The molecule has 1 amide bonds. The zero-order valence-corrected chi connectivity index (χ0v) is 13.7. The van der Waals surface area contributed by atoms with Crippen LogP contribution in [-0.2, 0) is 4.79 Å². The third-order valence-electron chi connectivity index (χ3n) is 2.88. The second-order valence-electron chi connectivity index (χ2n) is 4.61. The lowest BCUT2D eigenvalue weighted by atomic mass is 10.3. The monoisotopic (exact) mass is 349 g/mol. The number of anilines is 1. The molecular formula is C15H12FN3O2S2. The molecule has 0 spiro atoms. The van der Waals surface area contributed by atoms with Gasteiger partial charge in [0.15, 0.2) is 0 Å². The molecule has 0 unspecified atom stereocenters.